The van der Waals surface area contributed by atoms with Crippen molar-refractivity contribution in [1.29, 1.82) is 0 Å². The van der Waals surface area contributed by atoms with Crippen molar-refractivity contribution in [2.45, 2.75) is 33.9 Å². The molecule has 1 aromatic carbocycles. The number of carbonyl (C=O) groups excluding carboxylic acids is 2. The number of anilines is 2. The van der Waals surface area contributed by atoms with E-state index in [1.165, 1.54) is 0 Å². The van der Waals surface area contributed by atoms with Crippen LogP contribution in [0.15, 0.2) is 42.7 Å². The van der Waals surface area contributed by atoms with Gasteiger partial charge in [0, 0.05) is 36.4 Å². The van der Waals surface area contributed by atoms with E-state index in [9.17, 15) is 9.59 Å². The highest BCUT2D eigenvalue weighted by molar-refractivity contribution is 6.06. The minimum absolute atomic E-state index is 0.236. The van der Waals surface area contributed by atoms with Gasteiger partial charge in [0.15, 0.2) is 0 Å². The third-order valence-electron chi connectivity index (χ3n) is 4.27. The fourth-order valence-electron chi connectivity index (χ4n) is 2.83. The Morgan fingerprint density at radius 1 is 0.963 bits per heavy atom. The lowest BCUT2D eigenvalue weighted by molar-refractivity contribution is 0.101. The van der Waals surface area contributed by atoms with Gasteiger partial charge in [0.25, 0.3) is 11.8 Å². The minimum Gasteiger partial charge on any atom is -0.322 e. The molecule has 0 atom stereocenters. The van der Waals surface area contributed by atoms with Gasteiger partial charge in [-0.2, -0.15) is 10.2 Å². The van der Waals surface area contributed by atoms with Gasteiger partial charge in [-0.15, -0.1) is 0 Å². The third kappa shape index (κ3) is 3.89. The molecule has 0 saturated heterocycles. The maximum absolute atomic E-state index is 12.5. The number of amides is 2. The van der Waals surface area contributed by atoms with Crippen LogP contribution in [0.5, 0.6) is 0 Å². The van der Waals surface area contributed by atoms with Gasteiger partial charge in [-0.1, -0.05) is 6.07 Å². The highest BCUT2D eigenvalue weighted by Gasteiger charge is 2.15. The maximum Gasteiger partial charge on any atom is 0.273 e. The molecule has 0 aliphatic rings. The number of hydrogen-bond acceptors (Lipinski definition) is 4. The lowest BCUT2D eigenvalue weighted by Gasteiger charge is -2.09. The van der Waals surface area contributed by atoms with Gasteiger partial charge in [0.1, 0.15) is 5.69 Å². The Morgan fingerprint density at radius 2 is 1.63 bits per heavy atom. The zero-order valence-corrected chi connectivity index (χ0v) is 15.6. The Hall–Kier alpha value is -3.42. The Balaban J connectivity index is 1.72. The van der Waals surface area contributed by atoms with Gasteiger partial charge < -0.3 is 10.6 Å². The zero-order valence-electron chi connectivity index (χ0n) is 15.6. The molecule has 2 aromatic heterocycles. The van der Waals surface area contributed by atoms with Crippen LogP contribution in [-0.2, 0) is 13.1 Å². The first-order chi connectivity index (χ1) is 13.0. The van der Waals surface area contributed by atoms with Crippen molar-refractivity contribution in [3.63, 3.8) is 0 Å². The van der Waals surface area contributed by atoms with Crippen LogP contribution < -0.4 is 10.6 Å². The summed E-state index contributed by atoms with van der Waals surface area (Å²) >= 11 is 0. The summed E-state index contributed by atoms with van der Waals surface area (Å²) in [6.07, 6.45) is 3.15. The Morgan fingerprint density at radius 3 is 2.26 bits per heavy atom. The number of aromatic nitrogens is 4. The molecule has 0 aliphatic carbocycles. The SMILES string of the molecule is CCn1nccc1C(=O)Nc1cccc(NC(=O)c2cnn(CC)c2C)c1. The molecule has 140 valence electrons. The molecule has 0 radical (unpaired) electrons. The van der Waals surface area contributed by atoms with Crippen molar-refractivity contribution in [1.82, 2.24) is 19.6 Å². The van der Waals surface area contributed by atoms with Crippen LogP contribution in [-0.4, -0.2) is 31.4 Å². The van der Waals surface area contributed by atoms with E-state index in [1.54, 1.807) is 52.1 Å². The molecule has 3 aromatic rings. The molecule has 0 saturated carbocycles. The molecule has 2 amide bonds. The molecule has 3 rings (SSSR count). The first-order valence-electron chi connectivity index (χ1n) is 8.80. The van der Waals surface area contributed by atoms with Gasteiger partial charge in [-0.3, -0.25) is 19.0 Å². The fraction of sp³-hybridized carbons (Fsp3) is 0.263. The molecule has 0 bridgehead atoms. The smallest absolute Gasteiger partial charge is 0.273 e. The quantitative estimate of drug-likeness (QED) is 0.701. The molecule has 0 fully saturated rings. The number of aryl methyl sites for hydroxylation is 2. The predicted octanol–water partition coefficient (Wildman–Crippen LogP) is 2.93. The van der Waals surface area contributed by atoms with E-state index in [0.29, 0.717) is 35.7 Å². The normalized spacial score (nSPS) is 10.6. The largest absolute Gasteiger partial charge is 0.322 e. The van der Waals surface area contributed by atoms with E-state index in [4.69, 9.17) is 0 Å². The molecular formula is C19H22N6O2. The zero-order chi connectivity index (χ0) is 19.4. The van der Waals surface area contributed by atoms with Gasteiger partial charge in [-0.05, 0) is 45.0 Å². The van der Waals surface area contributed by atoms with Crippen LogP contribution in [0.25, 0.3) is 0 Å². The van der Waals surface area contributed by atoms with Crippen LogP contribution >= 0.6 is 0 Å². The number of benzene rings is 1. The summed E-state index contributed by atoms with van der Waals surface area (Å²) in [5.41, 5.74) is 2.99. The van der Waals surface area contributed by atoms with Crippen LogP contribution in [0.3, 0.4) is 0 Å². The summed E-state index contributed by atoms with van der Waals surface area (Å²) < 4.78 is 3.39. The van der Waals surface area contributed by atoms with Crippen LogP contribution in [0.4, 0.5) is 11.4 Å². The van der Waals surface area contributed by atoms with Crippen molar-refractivity contribution in [3.8, 4) is 0 Å². The highest BCUT2D eigenvalue weighted by Crippen LogP contribution is 2.18. The molecule has 2 N–H and O–H groups in total. The molecule has 8 nitrogen and oxygen atoms in total. The third-order valence-corrected chi connectivity index (χ3v) is 4.27. The standard InChI is InChI=1S/C19H22N6O2/c1-4-24-13(3)16(12-21-24)18(26)22-14-7-6-8-15(11-14)23-19(27)17-9-10-20-25(17)5-2/h6-12H,4-5H2,1-3H3,(H,22,26)(H,23,27). The second kappa shape index (κ2) is 7.86. The molecule has 8 heteroatoms. The van der Waals surface area contributed by atoms with E-state index in [0.717, 1.165) is 5.69 Å². The van der Waals surface area contributed by atoms with E-state index < -0.39 is 0 Å². The van der Waals surface area contributed by atoms with Gasteiger partial charge >= 0.3 is 0 Å². The van der Waals surface area contributed by atoms with Crippen LogP contribution in [0.1, 0.15) is 40.4 Å². The number of nitrogens with zero attached hydrogens (tertiary/aromatic N) is 4. The molecule has 2 heterocycles. The van der Waals surface area contributed by atoms with E-state index in [2.05, 4.69) is 20.8 Å². The number of rotatable bonds is 6. The van der Waals surface area contributed by atoms with E-state index in [1.807, 2.05) is 20.8 Å². The summed E-state index contributed by atoms with van der Waals surface area (Å²) in [5.74, 6) is -0.488. The minimum atomic E-state index is -0.252. The Kier molecular flexibility index (Phi) is 5.35. The molecular weight excluding hydrogens is 344 g/mol. The molecule has 27 heavy (non-hydrogen) atoms. The fourth-order valence-corrected chi connectivity index (χ4v) is 2.83. The highest BCUT2D eigenvalue weighted by atomic mass is 16.2. The summed E-state index contributed by atoms with van der Waals surface area (Å²) in [6.45, 7) is 7.06. The lowest BCUT2D eigenvalue weighted by Crippen LogP contribution is -2.17. The second-order valence-corrected chi connectivity index (χ2v) is 5.98. The van der Waals surface area contributed by atoms with Crippen LogP contribution in [0, 0.1) is 6.92 Å². The summed E-state index contributed by atoms with van der Waals surface area (Å²) in [5, 5.41) is 14.0. The average molecular weight is 366 g/mol. The van der Waals surface area contributed by atoms with Crippen molar-refractivity contribution in [3.05, 3.63) is 59.7 Å². The van der Waals surface area contributed by atoms with Gasteiger partial charge in [-0.25, -0.2) is 0 Å². The number of hydrogen-bond donors (Lipinski definition) is 2. The molecule has 0 aliphatic heterocycles. The van der Waals surface area contributed by atoms with Crippen LogP contribution in [0.2, 0.25) is 0 Å². The first kappa shape index (κ1) is 18.4. The van der Waals surface area contributed by atoms with E-state index in [-0.39, 0.29) is 11.8 Å². The Labute approximate surface area is 157 Å². The topological polar surface area (TPSA) is 93.8 Å². The molecule has 0 unspecified atom stereocenters. The van der Waals surface area contributed by atoms with Crippen molar-refractivity contribution in [2.24, 2.45) is 0 Å². The monoisotopic (exact) mass is 366 g/mol. The van der Waals surface area contributed by atoms with E-state index >= 15 is 0 Å². The summed E-state index contributed by atoms with van der Waals surface area (Å²) in [6, 6.07) is 8.68. The lowest BCUT2D eigenvalue weighted by atomic mass is 10.2. The number of carbonyl (C=O) groups is 2. The van der Waals surface area contributed by atoms with Gasteiger partial charge in [0.05, 0.1) is 11.8 Å². The summed E-state index contributed by atoms with van der Waals surface area (Å²) in [7, 11) is 0. The van der Waals surface area contributed by atoms with Crippen molar-refractivity contribution >= 4 is 23.2 Å². The summed E-state index contributed by atoms with van der Waals surface area (Å²) in [4.78, 5) is 24.9. The predicted molar refractivity (Wildman–Crippen MR) is 103 cm³/mol. The molecule has 0 spiro atoms. The first-order valence-corrected chi connectivity index (χ1v) is 8.80. The maximum atomic E-state index is 12.5. The van der Waals surface area contributed by atoms with Crippen molar-refractivity contribution < 1.29 is 9.59 Å². The van der Waals surface area contributed by atoms with Crippen molar-refractivity contribution in [2.75, 3.05) is 10.6 Å². The number of nitrogens with one attached hydrogen (secondary N) is 2. The average Bonchev–Trinajstić information content (AvgIpc) is 3.28. The van der Waals surface area contributed by atoms with Gasteiger partial charge in [0.2, 0.25) is 0 Å². The Bertz CT molecular complexity index is 972. The second-order valence-electron chi connectivity index (χ2n) is 5.98.